The van der Waals surface area contributed by atoms with Crippen LogP contribution in [0.5, 0.6) is 0 Å². The number of carbonyl (C=O) groups excluding carboxylic acids is 1. The second kappa shape index (κ2) is 7.22. The van der Waals surface area contributed by atoms with Crippen LogP contribution in [-0.4, -0.2) is 29.1 Å². The molecule has 5 heteroatoms. The van der Waals surface area contributed by atoms with Crippen molar-refractivity contribution < 1.29 is 14.7 Å². The summed E-state index contributed by atoms with van der Waals surface area (Å²) in [6.07, 6.45) is 1.14. The largest absolute Gasteiger partial charge is 0.481 e. The van der Waals surface area contributed by atoms with Crippen molar-refractivity contribution in [3.05, 3.63) is 0 Å². The van der Waals surface area contributed by atoms with E-state index in [-0.39, 0.29) is 18.4 Å². The van der Waals surface area contributed by atoms with Gasteiger partial charge in [-0.15, -0.1) is 0 Å². The molecule has 0 bridgehead atoms. The summed E-state index contributed by atoms with van der Waals surface area (Å²) in [5, 5.41) is 11.3. The number of nitrogens with two attached hydrogens (primary N) is 1. The van der Waals surface area contributed by atoms with Crippen molar-refractivity contribution in [1.29, 1.82) is 0 Å². The second-order valence-corrected chi connectivity index (χ2v) is 4.45. The van der Waals surface area contributed by atoms with Crippen LogP contribution in [-0.2, 0) is 9.59 Å². The van der Waals surface area contributed by atoms with Crippen LogP contribution in [0.25, 0.3) is 0 Å². The predicted octanol–water partition coefficient (Wildman–Crippen LogP) is 0.729. The van der Waals surface area contributed by atoms with E-state index in [1.165, 1.54) is 0 Å². The Kier molecular flexibility index (Phi) is 6.72. The van der Waals surface area contributed by atoms with Gasteiger partial charge in [0.05, 0.1) is 12.5 Å². The van der Waals surface area contributed by atoms with Gasteiger partial charge in [-0.25, -0.2) is 0 Å². The maximum atomic E-state index is 11.6. The molecule has 0 saturated carbocycles. The smallest absolute Gasteiger partial charge is 0.305 e. The summed E-state index contributed by atoms with van der Waals surface area (Å²) in [6, 6.07) is -0.883. The standard InChI is InChI=1S/C11H22N2O3/c1-4-8(6-10(14)15)13-11(16)9(12)5-7(2)3/h7-9H,4-6,12H2,1-3H3,(H,13,16)(H,14,15)/t8?,9-/m1/s1. The molecule has 1 unspecified atom stereocenters. The number of carboxylic acid groups (broad SMARTS) is 1. The normalized spacial score (nSPS) is 14.6. The molecule has 5 nitrogen and oxygen atoms in total. The Balaban J connectivity index is 4.13. The third kappa shape index (κ3) is 6.40. The third-order valence-electron chi connectivity index (χ3n) is 2.32. The van der Waals surface area contributed by atoms with Gasteiger partial charge in [0, 0.05) is 6.04 Å². The molecular weight excluding hydrogens is 208 g/mol. The van der Waals surface area contributed by atoms with Crippen molar-refractivity contribution in [2.75, 3.05) is 0 Å². The molecule has 0 aliphatic rings. The van der Waals surface area contributed by atoms with Gasteiger partial charge in [-0.2, -0.15) is 0 Å². The maximum Gasteiger partial charge on any atom is 0.305 e. The lowest BCUT2D eigenvalue weighted by molar-refractivity contribution is -0.137. The van der Waals surface area contributed by atoms with Crippen LogP contribution in [0.15, 0.2) is 0 Å². The molecule has 4 N–H and O–H groups in total. The number of carboxylic acids is 1. The number of aliphatic carboxylic acids is 1. The first kappa shape index (κ1) is 14.9. The molecule has 0 radical (unpaired) electrons. The first-order valence-corrected chi connectivity index (χ1v) is 5.64. The van der Waals surface area contributed by atoms with Crippen LogP contribution in [0.4, 0.5) is 0 Å². The number of hydrogen-bond donors (Lipinski definition) is 3. The lowest BCUT2D eigenvalue weighted by Crippen LogP contribution is -2.46. The molecule has 2 atom stereocenters. The topological polar surface area (TPSA) is 92.4 Å². The minimum atomic E-state index is -0.912. The molecule has 0 aliphatic heterocycles. The summed E-state index contributed by atoms with van der Waals surface area (Å²) < 4.78 is 0. The van der Waals surface area contributed by atoms with Gasteiger partial charge < -0.3 is 16.2 Å². The van der Waals surface area contributed by atoms with Gasteiger partial charge in [-0.05, 0) is 18.8 Å². The van der Waals surface area contributed by atoms with Crippen molar-refractivity contribution in [2.24, 2.45) is 11.7 Å². The quantitative estimate of drug-likeness (QED) is 0.601. The van der Waals surface area contributed by atoms with Crippen LogP contribution >= 0.6 is 0 Å². The van der Waals surface area contributed by atoms with Crippen LogP contribution in [0.3, 0.4) is 0 Å². The van der Waals surface area contributed by atoms with E-state index in [1.807, 2.05) is 20.8 Å². The van der Waals surface area contributed by atoms with Crippen molar-refractivity contribution >= 4 is 11.9 Å². The van der Waals surface area contributed by atoms with Crippen LogP contribution in [0.1, 0.15) is 40.0 Å². The molecule has 0 aromatic carbocycles. The zero-order chi connectivity index (χ0) is 12.7. The minimum absolute atomic E-state index is 0.0589. The zero-order valence-corrected chi connectivity index (χ0v) is 10.2. The Bertz CT molecular complexity index is 241. The SMILES string of the molecule is CCC(CC(=O)O)NC(=O)[C@H](N)CC(C)C. The number of rotatable bonds is 7. The molecule has 0 fully saturated rings. The first-order chi connectivity index (χ1) is 7.36. The predicted molar refractivity (Wildman–Crippen MR) is 61.9 cm³/mol. The van der Waals surface area contributed by atoms with Gasteiger partial charge in [0.25, 0.3) is 0 Å². The van der Waals surface area contributed by atoms with Crippen molar-refractivity contribution in [2.45, 2.75) is 52.1 Å². The Labute approximate surface area is 96.4 Å². The fourth-order valence-electron chi connectivity index (χ4n) is 1.43. The average molecular weight is 230 g/mol. The van der Waals surface area contributed by atoms with Crippen LogP contribution in [0.2, 0.25) is 0 Å². The molecule has 0 heterocycles. The van der Waals surface area contributed by atoms with Gasteiger partial charge in [0.2, 0.25) is 5.91 Å². The van der Waals surface area contributed by atoms with E-state index in [0.29, 0.717) is 18.8 Å². The van der Waals surface area contributed by atoms with E-state index in [2.05, 4.69) is 5.32 Å². The summed E-state index contributed by atoms with van der Waals surface area (Å²) in [5.74, 6) is -0.827. The van der Waals surface area contributed by atoms with Gasteiger partial charge in [-0.1, -0.05) is 20.8 Å². The van der Waals surface area contributed by atoms with Crippen molar-refractivity contribution in [1.82, 2.24) is 5.32 Å². The van der Waals surface area contributed by atoms with E-state index < -0.39 is 12.0 Å². The Morgan fingerprint density at radius 3 is 2.31 bits per heavy atom. The number of nitrogens with one attached hydrogen (secondary N) is 1. The first-order valence-electron chi connectivity index (χ1n) is 5.64. The molecule has 0 aromatic heterocycles. The molecule has 16 heavy (non-hydrogen) atoms. The molecular formula is C11H22N2O3. The summed E-state index contributed by atoms with van der Waals surface area (Å²) in [7, 11) is 0. The summed E-state index contributed by atoms with van der Waals surface area (Å²) >= 11 is 0. The van der Waals surface area contributed by atoms with Crippen molar-refractivity contribution in [3.8, 4) is 0 Å². The van der Waals surface area contributed by atoms with Gasteiger partial charge in [0.15, 0.2) is 0 Å². The summed E-state index contributed by atoms with van der Waals surface area (Å²) in [5.41, 5.74) is 5.69. The highest BCUT2D eigenvalue weighted by molar-refractivity contribution is 5.82. The fraction of sp³-hybridized carbons (Fsp3) is 0.818. The van der Waals surface area contributed by atoms with E-state index >= 15 is 0 Å². The van der Waals surface area contributed by atoms with E-state index in [9.17, 15) is 9.59 Å². The van der Waals surface area contributed by atoms with Gasteiger partial charge in [0.1, 0.15) is 0 Å². The molecule has 94 valence electrons. The molecule has 0 rings (SSSR count). The van der Waals surface area contributed by atoms with Gasteiger partial charge in [-0.3, -0.25) is 9.59 Å². The lowest BCUT2D eigenvalue weighted by atomic mass is 10.0. The minimum Gasteiger partial charge on any atom is -0.481 e. The van der Waals surface area contributed by atoms with E-state index in [1.54, 1.807) is 0 Å². The Morgan fingerprint density at radius 1 is 1.38 bits per heavy atom. The van der Waals surface area contributed by atoms with Gasteiger partial charge >= 0.3 is 5.97 Å². The number of hydrogen-bond acceptors (Lipinski definition) is 3. The Hall–Kier alpha value is -1.10. The second-order valence-electron chi connectivity index (χ2n) is 4.45. The molecule has 0 aromatic rings. The lowest BCUT2D eigenvalue weighted by Gasteiger charge is -2.19. The monoisotopic (exact) mass is 230 g/mol. The van der Waals surface area contributed by atoms with Crippen molar-refractivity contribution in [3.63, 3.8) is 0 Å². The maximum absolute atomic E-state index is 11.6. The highest BCUT2D eigenvalue weighted by atomic mass is 16.4. The highest BCUT2D eigenvalue weighted by Crippen LogP contribution is 2.04. The van der Waals surface area contributed by atoms with Crippen LogP contribution < -0.4 is 11.1 Å². The number of carbonyl (C=O) groups is 2. The third-order valence-corrected chi connectivity index (χ3v) is 2.32. The Morgan fingerprint density at radius 2 is 1.94 bits per heavy atom. The number of amides is 1. The average Bonchev–Trinajstić information content (AvgIpc) is 2.14. The highest BCUT2D eigenvalue weighted by Gasteiger charge is 2.19. The zero-order valence-electron chi connectivity index (χ0n) is 10.2. The molecule has 1 amide bonds. The molecule has 0 aliphatic carbocycles. The van der Waals surface area contributed by atoms with Crippen LogP contribution in [0, 0.1) is 5.92 Å². The summed E-state index contributed by atoms with van der Waals surface area (Å²) in [6.45, 7) is 5.81. The fourth-order valence-corrected chi connectivity index (χ4v) is 1.43. The molecule has 0 spiro atoms. The summed E-state index contributed by atoms with van der Waals surface area (Å²) in [4.78, 5) is 22.1. The molecule has 0 saturated heterocycles. The van der Waals surface area contributed by atoms with E-state index in [0.717, 1.165) is 0 Å². The van der Waals surface area contributed by atoms with E-state index in [4.69, 9.17) is 10.8 Å².